The zero-order chi connectivity index (χ0) is 28.2. The molecule has 13 nitrogen and oxygen atoms in total. The largest absolute Gasteiger partial charge is 0.494 e. The molecule has 0 radical (unpaired) electrons. The van der Waals surface area contributed by atoms with Crippen molar-refractivity contribution in [3.8, 4) is 17.0 Å². The summed E-state index contributed by atoms with van der Waals surface area (Å²) in [4.78, 5) is 49.6. The lowest BCUT2D eigenvalue weighted by Gasteiger charge is -2.34. The van der Waals surface area contributed by atoms with Gasteiger partial charge in [-0.2, -0.15) is 0 Å². The Morgan fingerprint density at radius 3 is 2.40 bits per heavy atom. The molecule has 2 fully saturated rings. The molecule has 3 aromatic rings. The molecule has 40 heavy (non-hydrogen) atoms. The molecule has 1 aromatic carbocycles. The van der Waals surface area contributed by atoms with Gasteiger partial charge >= 0.3 is 0 Å². The number of nitrogens with one attached hydrogen (secondary N) is 3. The van der Waals surface area contributed by atoms with Crippen molar-refractivity contribution in [2.75, 3.05) is 55.9 Å². The van der Waals surface area contributed by atoms with E-state index < -0.39 is 5.91 Å². The molecule has 0 unspecified atom stereocenters. The number of hydrogen-bond acceptors (Lipinski definition) is 10. The number of piperazine rings is 1. The van der Waals surface area contributed by atoms with Gasteiger partial charge < -0.3 is 30.5 Å². The second-order valence-corrected chi connectivity index (χ2v) is 9.60. The van der Waals surface area contributed by atoms with E-state index in [0.29, 0.717) is 54.6 Å². The quantitative estimate of drug-likeness (QED) is 0.383. The van der Waals surface area contributed by atoms with Crippen LogP contribution in [-0.4, -0.2) is 83.1 Å². The first-order valence-electron chi connectivity index (χ1n) is 13.1. The van der Waals surface area contributed by atoms with E-state index in [9.17, 15) is 14.4 Å². The van der Waals surface area contributed by atoms with Gasteiger partial charge in [-0.1, -0.05) is 6.07 Å². The van der Waals surface area contributed by atoms with Crippen LogP contribution in [0.3, 0.4) is 0 Å². The number of hydrogen-bond donors (Lipinski definition) is 3. The number of rotatable bonds is 8. The van der Waals surface area contributed by atoms with Crippen LogP contribution in [0.2, 0.25) is 0 Å². The minimum atomic E-state index is -0.434. The molecule has 3 N–H and O–H groups in total. The summed E-state index contributed by atoms with van der Waals surface area (Å²) in [6.07, 6.45) is 5.10. The second-order valence-electron chi connectivity index (χ2n) is 9.60. The molecule has 0 spiro atoms. The van der Waals surface area contributed by atoms with E-state index in [-0.39, 0.29) is 29.2 Å². The Morgan fingerprint density at radius 1 is 1.00 bits per heavy atom. The van der Waals surface area contributed by atoms with E-state index in [1.54, 1.807) is 38.6 Å². The van der Waals surface area contributed by atoms with Crippen LogP contribution in [0.4, 0.5) is 23.0 Å². The topological polar surface area (TPSA) is 155 Å². The zero-order valence-corrected chi connectivity index (χ0v) is 22.6. The Balaban J connectivity index is 1.40. The molecule has 3 amide bonds. The van der Waals surface area contributed by atoms with Gasteiger partial charge in [-0.25, -0.2) is 4.98 Å². The maximum Gasteiger partial charge on any atom is 0.273 e. The fourth-order valence-electron chi connectivity index (χ4n) is 4.48. The van der Waals surface area contributed by atoms with Crippen LogP contribution in [0, 0.1) is 5.92 Å². The number of para-hydroxylation sites is 1. The number of aromatic nitrogens is 4. The average Bonchev–Trinajstić information content (AvgIpc) is 3.83. The van der Waals surface area contributed by atoms with Gasteiger partial charge in [0.15, 0.2) is 17.3 Å². The summed E-state index contributed by atoms with van der Waals surface area (Å²) in [6.45, 7) is 4.25. The normalized spacial score (nSPS) is 14.9. The smallest absolute Gasteiger partial charge is 0.273 e. The Kier molecular flexibility index (Phi) is 7.71. The van der Waals surface area contributed by atoms with E-state index in [0.717, 1.165) is 18.7 Å². The Bertz CT molecular complexity index is 1420. The number of carbonyl (C=O) groups is 3. The molecule has 2 aromatic heterocycles. The van der Waals surface area contributed by atoms with Crippen molar-refractivity contribution >= 4 is 40.7 Å². The summed E-state index contributed by atoms with van der Waals surface area (Å²) >= 11 is 0. The van der Waals surface area contributed by atoms with Crippen molar-refractivity contribution < 1.29 is 19.1 Å². The molecule has 1 saturated heterocycles. The maximum atomic E-state index is 12.5. The molecular weight excluding hydrogens is 514 g/mol. The first-order valence-corrected chi connectivity index (χ1v) is 13.1. The maximum absolute atomic E-state index is 12.5. The van der Waals surface area contributed by atoms with Crippen molar-refractivity contribution in [1.82, 2.24) is 30.4 Å². The molecule has 0 atom stereocenters. The summed E-state index contributed by atoms with van der Waals surface area (Å²) < 4.78 is 5.76. The average molecular weight is 546 g/mol. The molecule has 1 saturated carbocycles. The first kappa shape index (κ1) is 26.8. The number of ether oxygens (including phenoxy) is 1. The van der Waals surface area contributed by atoms with Crippen LogP contribution in [0.15, 0.2) is 36.7 Å². The lowest BCUT2D eigenvalue weighted by Crippen LogP contribution is -2.48. The Labute approximate surface area is 231 Å². The minimum Gasteiger partial charge on any atom is -0.494 e. The van der Waals surface area contributed by atoms with Gasteiger partial charge in [-0.05, 0) is 25.0 Å². The van der Waals surface area contributed by atoms with Gasteiger partial charge in [0.1, 0.15) is 5.82 Å². The van der Waals surface area contributed by atoms with Crippen LogP contribution in [-0.2, 0) is 9.59 Å². The van der Waals surface area contributed by atoms with Crippen molar-refractivity contribution in [2.45, 2.75) is 19.8 Å². The summed E-state index contributed by atoms with van der Waals surface area (Å²) in [7, 11) is 3.05. The molecule has 1 aliphatic heterocycles. The van der Waals surface area contributed by atoms with Crippen LogP contribution in [0.25, 0.3) is 11.3 Å². The summed E-state index contributed by atoms with van der Waals surface area (Å²) in [5.41, 5.74) is 2.27. The Morgan fingerprint density at radius 2 is 1.77 bits per heavy atom. The van der Waals surface area contributed by atoms with Gasteiger partial charge in [0.25, 0.3) is 5.91 Å². The molecule has 1 aliphatic carbocycles. The van der Waals surface area contributed by atoms with E-state index in [2.05, 4.69) is 41.0 Å². The van der Waals surface area contributed by atoms with Crippen LogP contribution in [0.1, 0.15) is 30.3 Å². The monoisotopic (exact) mass is 545 g/mol. The number of benzene rings is 1. The van der Waals surface area contributed by atoms with E-state index in [1.165, 1.54) is 7.05 Å². The number of methoxy groups -OCH3 is 1. The number of nitrogens with zero attached hydrogens (tertiary/aromatic N) is 6. The van der Waals surface area contributed by atoms with Gasteiger partial charge in [-0.15, -0.1) is 10.2 Å². The molecule has 0 bridgehead atoms. The SMILES string of the molecule is CNC(=O)c1nnc(NC(=O)C2CC2)cc1Nc1cccc(-c2cnc(N3CCN(C(C)=O)CC3)cn2)c1OC. The first-order chi connectivity index (χ1) is 19.4. The minimum absolute atomic E-state index is 0.00810. The summed E-state index contributed by atoms with van der Waals surface area (Å²) in [5.74, 6) is 0.984. The van der Waals surface area contributed by atoms with Crippen LogP contribution < -0.4 is 25.6 Å². The standard InChI is InChI=1S/C27H31N9O4/c1-16(37)35-9-11-36(12-10-35)23-15-29-21(14-30-23)18-5-4-6-19(25(18)40-3)31-20-13-22(32-26(38)17-7-8-17)33-34-24(20)27(39)28-2/h4-6,13-15,17H,7-12H2,1-3H3,(H,28,39)(H2,31,32,33,38). The lowest BCUT2D eigenvalue weighted by atomic mass is 10.1. The third-order valence-electron chi connectivity index (χ3n) is 6.89. The molecule has 208 valence electrons. The van der Waals surface area contributed by atoms with Crippen molar-refractivity contribution in [3.63, 3.8) is 0 Å². The predicted octanol–water partition coefficient (Wildman–Crippen LogP) is 2.06. The van der Waals surface area contributed by atoms with Crippen LogP contribution >= 0.6 is 0 Å². The molecule has 2 aliphatic rings. The zero-order valence-electron chi connectivity index (χ0n) is 22.6. The second kappa shape index (κ2) is 11.5. The highest BCUT2D eigenvalue weighted by Gasteiger charge is 2.30. The predicted molar refractivity (Wildman–Crippen MR) is 149 cm³/mol. The Hall–Kier alpha value is -4.81. The summed E-state index contributed by atoms with van der Waals surface area (Å²) in [6, 6.07) is 7.07. The van der Waals surface area contributed by atoms with Crippen LogP contribution in [0.5, 0.6) is 5.75 Å². The van der Waals surface area contributed by atoms with Gasteiger partial charge in [-0.3, -0.25) is 19.4 Å². The fourth-order valence-corrected chi connectivity index (χ4v) is 4.48. The third-order valence-corrected chi connectivity index (χ3v) is 6.89. The van der Waals surface area contributed by atoms with E-state index in [4.69, 9.17) is 4.74 Å². The molecular formula is C27H31N9O4. The number of anilines is 4. The fraction of sp³-hybridized carbons (Fsp3) is 0.370. The van der Waals surface area contributed by atoms with Gasteiger partial charge in [0.05, 0.1) is 36.6 Å². The highest BCUT2D eigenvalue weighted by molar-refractivity contribution is 6.00. The van der Waals surface area contributed by atoms with Crippen molar-refractivity contribution in [2.24, 2.45) is 5.92 Å². The van der Waals surface area contributed by atoms with Gasteiger partial charge in [0.2, 0.25) is 11.8 Å². The van der Waals surface area contributed by atoms with E-state index in [1.807, 2.05) is 17.0 Å². The highest BCUT2D eigenvalue weighted by Crippen LogP contribution is 2.38. The van der Waals surface area contributed by atoms with Gasteiger partial charge in [0, 0.05) is 57.7 Å². The molecule has 13 heteroatoms. The lowest BCUT2D eigenvalue weighted by molar-refractivity contribution is -0.129. The highest BCUT2D eigenvalue weighted by atomic mass is 16.5. The molecule has 3 heterocycles. The van der Waals surface area contributed by atoms with E-state index >= 15 is 0 Å². The van der Waals surface area contributed by atoms with Crippen molar-refractivity contribution in [3.05, 3.63) is 42.4 Å². The third kappa shape index (κ3) is 5.77. The summed E-state index contributed by atoms with van der Waals surface area (Å²) in [5, 5.41) is 16.6. The number of carbonyl (C=O) groups excluding carboxylic acids is 3. The van der Waals surface area contributed by atoms with Crippen molar-refractivity contribution in [1.29, 1.82) is 0 Å². The number of amides is 3. The molecule has 5 rings (SSSR count).